The van der Waals surface area contributed by atoms with E-state index in [0.717, 1.165) is 29.8 Å². The van der Waals surface area contributed by atoms with Crippen LogP contribution >= 0.6 is 0 Å². The first-order chi connectivity index (χ1) is 11.7. The molecule has 0 amide bonds. The van der Waals surface area contributed by atoms with E-state index in [-0.39, 0.29) is 0 Å². The minimum Gasteiger partial charge on any atom is -0.370 e. The van der Waals surface area contributed by atoms with Gasteiger partial charge in [0.1, 0.15) is 0 Å². The zero-order valence-electron chi connectivity index (χ0n) is 15.4. The Kier molecular flexibility index (Phi) is 4.03. The van der Waals surface area contributed by atoms with Crippen molar-refractivity contribution in [1.82, 2.24) is 9.80 Å². The number of nitrogens with zero attached hydrogens (tertiary/aromatic N) is 2. The molecule has 4 fully saturated rings. The molecule has 2 saturated carbocycles. The van der Waals surface area contributed by atoms with Crippen LogP contribution < -0.4 is 0 Å². The lowest BCUT2D eigenvalue weighted by Gasteiger charge is -2.56. The van der Waals surface area contributed by atoms with Crippen molar-refractivity contribution in [3.05, 3.63) is 12.2 Å². The largest absolute Gasteiger partial charge is 0.370 e. The lowest BCUT2D eigenvalue weighted by atomic mass is 9.60. The standard InChI is InChI=1S/C21H34N2O/c1-14-6-7-15(2)24-21(14)18-11-19-13-23(9-8-22(19)12-18)20-16-4-3-5-17(20)10-16/h6-7,14-21H,3-5,8-13H2,1-2H3. The van der Waals surface area contributed by atoms with E-state index in [1.807, 2.05) is 0 Å². The monoisotopic (exact) mass is 330 g/mol. The Morgan fingerprint density at radius 1 is 0.875 bits per heavy atom. The molecule has 2 bridgehead atoms. The first kappa shape index (κ1) is 15.8. The smallest absolute Gasteiger partial charge is 0.0731 e. The van der Waals surface area contributed by atoms with Crippen molar-refractivity contribution in [1.29, 1.82) is 0 Å². The molecule has 0 spiro atoms. The molecule has 0 aromatic heterocycles. The van der Waals surface area contributed by atoms with Crippen LogP contribution in [0.15, 0.2) is 12.2 Å². The molecule has 0 aromatic rings. The van der Waals surface area contributed by atoms with E-state index in [1.54, 1.807) is 0 Å². The number of hydrogen-bond acceptors (Lipinski definition) is 3. The van der Waals surface area contributed by atoms with E-state index in [9.17, 15) is 0 Å². The van der Waals surface area contributed by atoms with Gasteiger partial charge < -0.3 is 4.74 Å². The minimum absolute atomic E-state index is 0.301. The fraction of sp³-hybridized carbons (Fsp3) is 0.905. The maximum atomic E-state index is 6.33. The molecular formula is C21H34N2O. The third kappa shape index (κ3) is 2.59. The lowest BCUT2D eigenvalue weighted by Crippen LogP contribution is -2.62. The summed E-state index contributed by atoms with van der Waals surface area (Å²) in [6, 6.07) is 1.75. The van der Waals surface area contributed by atoms with Crippen molar-refractivity contribution >= 4 is 0 Å². The van der Waals surface area contributed by atoms with Gasteiger partial charge in [0, 0.05) is 44.2 Å². The van der Waals surface area contributed by atoms with Gasteiger partial charge in [0.2, 0.25) is 0 Å². The predicted octanol–water partition coefficient (Wildman–Crippen LogP) is 3.16. The summed E-state index contributed by atoms with van der Waals surface area (Å²) in [6.07, 6.45) is 12.8. The Bertz CT molecular complexity index is 492. The summed E-state index contributed by atoms with van der Waals surface area (Å²) < 4.78 is 6.33. The van der Waals surface area contributed by atoms with Crippen LogP contribution in [0.5, 0.6) is 0 Å². The fourth-order valence-corrected chi connectivity index (χ4v) is 6.69. The van der Waals surface area contributed by atoms with Crippen LogP contribution in [0.3, 0.4) is 0 Å². The van der Waals surface area contributed by atoms with E-state index in [4.69, 9.17) is 4.74 Å². The Balaban J connectivity index is 1.23. The van der Waals surface area contributed by atoms with Crippen LogP contribution in [-0.2, 0) is 4.74 Å². The molecule has 3 aliphatic heterocycles. The Morgan fingerprint density at radius 3 is 2.46 bits per heavy atom. The second-order valence-electron chi connectivity index (χ2n) is 9.37. The molecule has 7 unspecified atom stereocenters. The summed E-state index contributed by atoms with van der Waals surface area (Å²) in [5, 5.41) is 0. The van der Waals surface area contributed by atoms with Crippen molar-refractivity contribution in [2.24, 2.45) is 23.7 Å². The van der Waals surface area contributed by atoms with Gasteiger partial charge in [-0.3, -0.25) is 9.80 Å². The third-order valence-corrected chi connectivity index (χ3v) is 7.86. The molecule has 7 atom stereocenters. The van der Waals surface area contributed by atoms with Crippen LogP contribution in [0, 0.1) is 23.7 Å². The molecule has 134 valence electrons. The van der Waals surface area contributed by atoms with Crippen molar-refractivity contribution < 1.29 is 4.74 Å². The number of piperazine rings is 1. The first-order valence-corrected chi connectivity index (χ1v) is 10.5. The predicted molar refractivity (Wildman–Crippen MR) is 96.9 cm³/mol. The molecule has 5 aliphatic rings. The van der Waals surface area contributed by atoms with Crippen LogP contribution in [-0.4, -0.2) is 60.3 Å². The maximum Gasteiger partial charge on any atom is 0.0731 e. The normalized spacial score (nSPS) is 52.1. The van der Waals surface area contributed by atoms with E-state index in [1.165, 1.54) is 58.3 Å². The van der Waals surface area contributed by atoms with Crippen LogP contribution in [0.4, 0.5) is 0 Å². The average Bonchev–Trinajstić information content (AvgIpc) is 3.01. The first-order valence-electron chi connectivity index (χ1n) is 10.5. The minimum atomic E-state index is 0.301. The highest BCUT2D eigenvalue weighted by Crippen LogP contribution is 2.49. The van der Waals surface area contributed by atoms with Gasteiger partial charge in [-0.25, -0.2) is 0 Å². The summed E-state index contributed by atoms with van der Waals surface area (Å²) in [6.45, 7) is 9.75. The van der Waals surface area contributed by atoms with Crippen LogP contribution in [0.25, 0.3) is 0 Å². The number of hydrogen-bond donors (Lipinski definition) is 0. The van der Waals surface area contributed by atoms with Crippen molar-refractivity contribution in [2.75, 3.05) is 26.2 Å². The molecule has 2 saturated heterocycles. The highest BCUT2D eigenvalue weighted by Gasteiger charge is 2.49. The SMILES string of the molecule is CC1C=CC(C)C(C2CC3CN(C4C5CCCC4C5)CCN3C2)O1. The van der Waals surface area contributed by atoms with Crippen molar-refractivity contribution in [2.45, 2.75) is 70.2 Å². The Labute approximate surface area is 147 Å². The van der Waals surface area contributed by atoms with Gasteiger partial charge in [-0.05, 0) is 50.4 Å². The molecular weight excluding hydrogens is 296 g/mol. The average molecular weight is 331 g/mol. The van der Waals surface area contributed by atoms with Crippen LogP contribution in [0.1, 0.15) is 46.0 Å². The summed E-state index contributed by atoms with van der Waals surface area (Å²) in [4.78, 5) is 5.68. The molecule has 3 heteroatoms. The second kappa shape index (κ2) is 6.10. The van der Waals surface area contributed by atoms with Gasteiger partial charge in [-0.15, -0.1) is 0 Å². The molecule has 0 aromatic carbocycles. The molecule has 0 N–H and O–H groups in total. The lowest BCUT2D eigenvalue weighted by molar-refractivity contribution is -0.0644. The zero-order chi connectivity index (χ0) is 16.3. The summed E-state index contributed by atoms with van der Waals surface area (Å²) in [7, 11) is 0. The van der Waals surface area contributed by atoms with Gasteiger partial charge in [-0.1, -0.05) is 25.5 Å². The van der Waals surface area contributed by atoms with Crippen molar-refractivity contribution in [3.8, 4) is 0 Å². The summed E-state index contributed by atoms with van der Waals surface area (Å²) in [5.41, 5.74) is 0. The third-order valence-electron chi connectivity index (χ3n) is 7.86. The van der Waals surface area contributed by atoms with E-state index >= 15 is 0 Å². The van der Waals surface area contributed by atoms with Gasteiger partial charge in [0.05, 0.1) is 12.2 Å². The highest BCUT2D eigenvalue weighted by molar-refractivity contribution is 5.06. The maximum absolute atomic E-state index is 6.33. The highest BCUT2D eigenvalue weighted by atomic mass is 16.5. The van der Waals surface area contributed by atoms with Gasteiger partial charge >= 0.3 is 0 Å². The van der Waals surface area contributed by atoms with Gasteiger partial charge in [0.25, 0.3) is 0 Å². The summed E-state index contributed by atoms with van der Waals surface area (Å²) >= 11 is 0. The molecule has 5 rings (SSSR count). The number of fused-ring (bicyclic) bond motifs is 3. The molecule has 0 radical (unpaired) electrons. The molecule has 2 aliphatic carbocycles. The Hall–Kier alpha value is -0.380. The quantitative estimate of drug-likeness (QED) is 0.723. The number of ether oxygens (including phenoxy) is 1. The van der Waals surface area contributed by atoms with Crippen LogP contribution in [0.2, 0.25) is 0 Å². The molecule has 3 nitrogen and oxygen atoms in total. The van der Waals surface area contributed by atoms with Crippen molar-refractivity contribution in [3.63, 3.8) is 0 Å². The summed E-state index contributed by atoms with van der Waals surface area (Å²) in [5.74, 6) is 3.40. The molecule has 3 heterocycles. The van der Waals surface area contributed by atoms with E-state index in [2.05, 4.69) is 35.8 Å². The Morgan fingerprint density at radius 2 is 1.67 bits per heavy atom. The van der Waals surface area contributed by atoms with E-state index < -0.39 is 0 Å². The van der Waals surface area contributed by atoms with Gasteiger partial charge in [-0.2, -0.15) is 0 Å². The van der Waals surface area contributed by atoms with Gasteiger partial charge in [0.15, 0.2) is 0 Å². The molecule has 24 heavy (non-hydrogen) atoms. The second-order valence-corrected chi connectivity index (χ2v) is 9.37. The fourth-order valence-electron chi connectivity index (χ4n) is 6.69. The zero-order valence-corrected chi connectivity index (χ0v) is 15.4. The number of rotatable bonds is 2. The topological polar surface area (TPSA) is 15.7 Å². The van der Waals surface area contributed by atoms with E-state index in [0.29, 0.717) is 18.1 Å².